The zero-order valence-electron chi connectivity index (χ0n) is 10.3. The molecule has 3 N–H and O–H groups in total. The van der Waals surface area contributed by atoms with Crippen molar-refractivity contribution in [2.75, 3.05) is 11.9 Å². The average Bonchev–Trinajstić information content (AvgIpc) is 2.23. The maximum absolute atomic E-state index is 11.7. The van der Waals surface area contributed by atoms with Crippen LogP contribution >= 0.6 is 27.5 Å². The van der Waals surface area contributed by atoms with Crippen LogP contribution in [0.4, 0.5) is 10.5 Å². The number of hydrogen-bond donors (Lipinski definition) is 3. The molecule has 0 saturated heterocycles. The van der Waals surface area contributed by atoms with Gasteiger partial charge < -0.3 is 15.7 Å². The number of aliphatic hydroxyl groups is 1. The van der Waals surface area contributed by atoms with Crippen molar-refractivity contribution in [1.29, 1.82) is 0 Å². The molecule has 0 fully saturated rings. The minimum Gasteiger partial charge on any atom is -0.396 e. The molecule has 0 aliphatic heterocycles. The van der Waals surface area contributed by atoms with E-state index in [-0.39, 0.29) is 18.7 Å². The molecule has 6 heteroatoms. The molecule has 100 valence electrons. The highest BCUT2D eigenvalue weighted by Gasteiger charge is 2.11. The SMILES string of the molecule is Cc1cc(Br)cc(Cl)c1NC(=O)N[C@H](C)CCO. The summed E-state index contributed by atoms with van der Waals surface area (Å²) in [6.07, 6.45) is 0.514. The Hall–Kier alpha value is -0.780. The van der Waals surface area contributed by atoms with Crippen LogP contribution < -0.4 is 10.6 Å². The first-order valence-electron chi connectivity index (χ1n) is 5.58. The van der Waals surface area contributed by atoms with Crippen molar-refractivity contribution >= 4 is 39.2 Å². The van der Waals surface area contributed by atoms with Gasteiger partial charge in [-0.25, -0.2) is 4.79 Å². The number of nitrogens with one attached hydrogen (secondary N) is 2. The number of halogens is 2. The summed E-state index contributed by atoms with van der Waals surface area (Å²) < 4.78 is 0.865. The van der Waals surface area contributed by atoms with Crippen LogP contribution in [0, 0.1) is 6.92 Å². The fourth-order valence-corrected chi connectivity index (χ4v) is 2.52. The van der Waals surface area contributed by atoms with Crippen molar-refractivity contribution in [3.63, 3.8) is 0 Å². The molecule has 1 aromatic carbocycles. The summed E-state index contributed by atoms with van der Waals surface area (Å²) >= 11 is 9.40. The monoisotopic (exact) mass is 334 g/mol. The second-order valence-electron chi connectivity index (χ2n) is 4.09. The molecule has 2 amide bonds. The Morgan fingerprint density at radius 2 is 2.22 bits per heavy atom. The molecule has 0 radical (unpaired) electrons. The van der Waals surface area contributed by atoms with Crippen LogP contribution in [-0.4, -0.2) is 23.8 Å². The Bertz CT molecular complexity index is 417. The van der Waals surface area contributed by atoms with E-state index in [1.54, 1.807) is 6.07 Å². The molecule has 0 spiro atoms. The van der Waals surface area contributed by atoms with Crippen LogP contribution in [0.15, 0.2) is 16.6 Å². The Kier molecular flexibility index (Phi) is 5.91. The molecule has 18 heavy (non-hydrogen) atoms. The van der Waals surface area contributed by atoms with Gasteiger partial charge in [0.1, 0.15) is 0 Å². The first-order chi connectivity index (χ1) is 8.43. The van der Waals surface area contributed by atoms with Crippen LogP contribution in [0.2, 0.25) is 5.02 Å². The van der Waals surface area contributed by atoms with E-state index in [0.29, 0.717) is 17.1 Å². The van der Waals surface area contributed by atoms with Crippen LogP contribution in [0.3, 0.4) is 0 Å². The fraction of sp³-hybridized carbons (Fsp3) is 0.417. The van der Waals surface area contributed by atoms with E-state index in [2.05, 4.69) is 26.6 Å². The summed E-state index contributed by atoms with van der Waals surface area (Å²) in [6.45, 7) is 3.73. The number of urea groups is 1. The van der Waals surface area contributed by atoms with Crippen LogP contribution in [0.1, 0.15) is 18.9 Å². The molecule has 0 heterocycles. The van der Waals surface area contributed by atoms with E-state index in [4.69, 9.17) is 16.7 Å². The molecule has 0 aliphatic rings. The lowest BCUT2D eigenvalue weighted by molar-refractivity contribution is 0.241. The van der Waals surface area contributed by atoms with E-state index in [9.17, 15) is 4.79 Å². The Morgan fingerprint density at radius 1 is 1.56 bits per heavy atom. The number of anilines is 1. The summed E-state index contributed by atoms with van der Waals surface area (Å²) in [7, 11) is 0. The van der Waals surface area contributed by atoms with Gasteiger partial charge in [-0.2, -0.15) is 0 Å². The van der Waals surface area contributed by atoms with E-state index in [1.807, 2.05) is 19.9 Å². The van der Waals surface area contributed by atoms with E-state index >= 15 is 0 Å². The van der Waals surface area contributed by atoms with Crippen molar-refractivity contribution in [2.45, 2.75) is 26.3 Å². The molecule has 0 saturated carbocycles. The predicted molar refractivity (Wildman–Crippen MR) is 77.2 cm³/mol. The smallest absolute Gasteiger partial charge is 0.319 e. The second kappa shape index (κ2) is 6.97. The maximum atomic E-state index is 11.7. The van der Waals surface area contributed by atoms with Gasteiger partial charge in [0.05, 0.1) is 10.7 Å². The number of amides is 2. The Labute approximate surface area is 120 Å². The van der Waals surface area contributed by atoms with Gasteiger partial charge in [0.2, 0.25) is 0 Å². The lowest BCUT2D eigenvalue weighted by Crippen LogP contribution is -2.36. The molecule has 1 rings (SSSR count). The van der Waals surface area contributed by atoms with Gasteiger partial charge in [0, 0.05) is 17.1 Å². The molecule has 1 aromatic rings. The van der Waals surface area contributed by atoms with Crippen molar-refractivity contribution in [3.8, 4) is 0 Å². The van der Waals surface area contributed by atoms with Crippen LogP contribution in [-0.2, 0) is 0 Å². The molecule has 0 unspecified atom stereocenters. The first-order valence-corrected chi connectivity index (χ1v) is 6.75. The molecular formula is C12H16BrClN2O2. The number of carbonyl (C=O) groups excluding carboxylic acids is 1. The van der Waals surface area contributed by atoms with E-state index in [0.717, 1.165) is 10.0 Å². The van der Waals surface area contributed by atoms with Crippen molar-refractivity contribution in [2.24, 2.45) is 0 Å². The Morgan fingerprint density at radius 3 is 2.78 bits per heavy atom. The summed E-state index contributed by atoms with van der Waals surface area (Å²) in [5, 5.41) is 14.7. The number of benzene rings is 1. The summed E-state index contributed by atoms with van der Waals surface area (Å²) in [5.41, 5.74) is 1.47. The first kappa shape index (κ1) is 15.3. The van der Waals surface area contributed by atoms with E-state index in [1.165, 1.54) is 0 Å². The van der Waals surface area contributed by atoms with Crippen molar-refractivity contribution in [3.05, 3.63) is 27.2 Å². The third kappa shape index (κ3) is 4.48. The van der Waals surface area contributed by atoms with Gasteiger partial charge in [0.15, 0.2) is 0 Å². The van der Waals surface area contributed by atoms with Crippen molar-refractivity contribution in [1.82, 2.24) is 5.32 Å². The summed E-state index contributed by atoms with van der Waals surface area (Å²) in [6, 6.07) is 3.17. The second-order valence-corrected chi connectivity index (χ2v) is 5.41. The lowest BCUT2D eigenvalue weighted by atomic mass is 10.2. The Balaban J connectivity index is 2.70. The fourth-order valence-electron chi connectivity index (χ4n) is 1.50. The largest absolute Gasteiger partial charge is 0.396 e. The normalized spacial score (nSPS) is 12.1. The quantitative estimate of drug-likeness (QED) is 0.790. The van der Waals surface area contributed by atoms with Gasteiger partial charge in [0.25, 0.3) is 0 Å². The third-order valence-electron chi connectivity index (χ3n) is 2.43. The lowest BCUT2D eigenvalue weighted by Gasteiger charge is -2.15. The van der Waals surface area contributed by atoms with Crippen LogP contribution in [0.25, 0.3) is 0 Å². The number of aryl methyl sites for hydroxylation is 1. The van der Waals surface area contributed by atoms with Crippen molar-refractivity contribution < 1.29 is 9.90 Å². The average molecular weight is 336 g/mol. The van der Waals surface area contributed by atoms with Gasteiger partial charge in [-0.15, -0.1) is 0 Å². The molecule has 1 atom stereocenters. The number of hydrogen-bond acceptors (Lipinski definition) is 2. The predicted octanol–water partition coefficient (Wildman–Crippen LogP) is 3.30. The van der Waals surface area contributed by atoms with Gasteiger partial charge in [-0.05, 0) is 38.0 Å². The highest BCUT2D eigenvalue weighted by molar-refractivity contribution is 9.10. The summed E-state index contributed by atoms with van der Waals surface area (Å²) in [5.74, 6) is 0. The minimum atomic E-state index is -0.330. The van der Waals surface area contributed by atoms with Crippen LogP contribution in [0.5, 0.6) is 0 Å². The molecule has 0 aromatic heterocycles. The number of rotatable bonds is 4. The zero-order valence-corrected chi connectivity index (χ0v) is 12.6. The van der Waals surface area contributed by atoms with Gasteiger partial charge in [-0.3, -0.25) is 0 Å². The van der Waals surface area contributed by atoms with E-state index < -0.39 is 0 Å². The minimum absolute atomic E-state index is 0.0412. The number of carbonyl (C=O) groups is 1. The highest BCUT2D eigenvalue weighted by Crippen LogP contribution is 2.29. The van der Waals surface area contributed by atoms with Gasteiger partial charge >= 0.3 is 6.03 Å². The zero-order chi connectivity index (χ0) is 13.7. The summed E-state index contributed by atoms with van der Waals surface area (Å²) in [4.78, 5) is 11.7. The number of aliphatic hydroxyl groups excluding tert-OH is 1. The molecular weight excluding hydrogens is 320 g/mol. The van der Waals surface area contributed by atoms with Gasteiger partial charge in [-0.1, -0.05) is 27.5 Å². The molecule has 0 aliphatic carbocycles. The standard InChI is InChI=1S/C12H16BrClN2O2/c1-7-5-9(13)6-10(14)11(7)16-12(18)15-8(2)3-4-17/h5-6,8,17H,3-4H2,1-2H3,(H2,15,16,18)/t8-/m1/s1. The highest BCUT2D eigenvalue weighted by atomic mass is 79.9. The molecule has 0 bridgehead atoms. The third-order valence-corrected chi connectivity index (χ3v) is 3.19. The molecule has 4 nitrogen and oxygen atoms in total. The maximum Gasteiger partial charge on any atom is 0.319 e. The topological polar surface area (TPSA) is 61.4 Å².